The Kier molecular flexibility index (Phi) is 8.93. The minimum atomic E-state index is -0.825. The summed E-state index contributed by atoms with van der Waals surface area (Å²) in [4.78, 5) is 57.5. The highest BCUT2D eigenvalue weighted by atomic mass is 16.5. The summed E-state index contributed by atoms with van der Waals surface area (Å²) in [6.45, 7) is 11.5. The number of Topliss-reactive ketones (excluding diaryl/α,β-unsaturated/α-hetero) is 1. The number of aromatic nitrogens is 1. The van der Waals surface area contributed by atoms with Gasteiger partial charge >= 0.3 is 5.97 Å². The summed E-state index contributed by atoms with van der Waals surface area (Å²) in [7, 11) is 0. The van der Waals surface area contributed by atoms with Crippen LogP contribution in [0.2, 0.25) is 0 Å². The van der Waals surface area contributed by atoms with Crippen molar-refractivity contribution in [2.45, 2.75) is 91.8 Å². The highest BCUT2D eigenvalue weighted by Gasteiger charge is 2.36. The van der Waals surface area contributed by atoms with Gasteiger partial charge in [0.1, 0.15) is 24.0 Å². The summed E-state index contributed by atoms with van der Waals surface area (Å²) in [5.41, 5.74) is 4.11. The molecule has 9 heteroatoms. The number of ether oxygens (including phenoxy) is 1. The number of carbonyl (C=O) groups excluding carboxylic acids is 4. The minimum Gasteiger partial charge on any atom is -0.455 e. The van der Waals surface area contributed by atoms with E-state index in [0.29, 0.717) is 37.9 Å². The lowest BCUT2D eigenvalue weighted by atomic mass is 9.76. The number of amides is 2. The van der Waals surface area contributed by atoms with E-state index < -0.39 is 35.5 Å². The number of carbonyl (C=O) groups is 4. The molecular weight excluding hydrogens is 508 g/mol. The Morgan fingerprint density at radius 3 is 2.55 bits per heavy atom. The van der Waals surface area contributed by atoms with E-state index in [4.69, 9.17) is 4.74 Å². The minimum absolute atomic E-state index is 0.0310. The standard InChI is InChI=1S/C31H42N4O5/c1-18(2)24-16-27(36)31(5,6)12-11-21-9-10-22-17-32-26(15-23(22)14-21)20(4)40-30(39)25-8-7-13-35(34-25)29(38)19(3)33-28(24)37/h9-10,14-15,17-20,24-25,34H,7-8,11-13,16H2,1-6H3,(H,33,37)/t19-,20+,24-,25-/m0/s1. The van der Waals surface area contributed by atoms with Crippen LogP contribution in [-0.4, -0.2) is 52.2 Å². The van der Waals surface area contributed by atoms with Gasteiger partial charge in [0.25, 0.3) is 5.91 Å². The maximum Gasteiger partial charge on any atom is 0.325 e. The van der Waals surface area contributed by atoms with Crippen LogP contribution < -0.4 is 10.7 Å². The van der Waals surface area contributed by atoms with Gasteiger partial charge in [-0.1, -0.05) is 45.9 Å². The first kappa shape index (κ1) is 29.6. The van der Waals surface area contributed by atoms with Crippen LogP contribution in [0.4, 0.5) is 0 Å². The van der Waals surface area contributed by atoms with Crippen LogP contribution in [0.25, 0.3) is 10.8 Å². The van der Waals surface area contributed by atoms with Crippen molar-refractivity contribution in [3.05, 3.63) is 41.7 Å². The monoisotopic (exact) mass is 550 g/mol. The van der Waals surface area contributed by atoms with Gasteiger partial charge in [0, 0.05) is 35.9 Å². The van der Waals surface area contributed by atoms with Gasteiger partial charge in [0.05, 0.1) is 5.69 Å². The highest BCUT2D eigenvalue weighted by molar-refractivity contribution is 5.92. The number of benzene rings is 1. The number of nitrogens with one attached hydrogen (secondary N) is 2. The number of nitrogens with zero attached hydrogens (tertiary/aromatic N) is 2. The topological polar surface area (TPSA) is 118 Å². The lowest BCUT2D eigenvalue weighted by Crippen LogP contribution is -2.59. The first-order chi connectivity index (χ1) is 18.9. The predicted molar refractivity (Wildman–Crippen MR) is 152 cm³/mol. The summed E-state index contributed by atoms with van der Waals surface area (Å²) in [6, 6.07) is 6.58. The molecule has 4 rings (SSSR count). The van der Waals surface area contributed by atoms with E-state index in [0.717, 1.165) is 16.3 Å². The number of hydrogen-bond acceptors (Lipinski definition) is 7. The molecule has 3 heterocycles. The predicted octanol–water partition coefficient (Wildman–Crippen LogP) is 4.04. The van der Waals surface area contributed by atoms with E-state index in [1.807, 2.05) is 45.9 Å². The van der Waals surface area contributed by atoms with Crippen molar-refractivity contribution in [2.24, 2.45) is 17.3 Å². The fourth-order valence-electron chi connectivity index (χ4n) is 5.34. The Labute approximate surface area is 236 Å². The number of rotatable bonds is 1. The third-order valence-electron chi connectivity index (χ3n) is 8.32. The van der Waals surface area contributed by atoms with Gasteiger partial charge in [-0.15, -0.1) is 0 Å². The van der Waals surface area contributed by atoms with Crippen LogP contribution in [-0.2, 0) is 30.3 Å². The van der Waals surface area contributed by atoms with Gasteiger partial charge in [0.15, 0.2) is 0 Å². The molecule has 0 aliphatic carbocycles. The molecular formula is C31H42N4O5. The summed E-state index contributed by atoms with van der Waals surface area (Å²) in [5, 5.41) is 6.17. The number of fused-ring (bicyclic) bond motifs is 4. The molecule has 40 heavy (non-hydrogen) atoms. The summed E-state index contributed by atoms with van der Waals surface area (Å²) in [5.74, 6) is -1.72. The molecule has 2 aromatic rings. The SMILES string of the molecule is CC(C)[C@@H]1CC(=O)C(C)(C)CCc2ccc3cnc(cc3c2)[C@@H](C)OC(=O)[C@@H]2CCCN(N2)C(=O)[C@H](C)NC1=O. The third kappa shape index (κ3) is 6.69. The van der Waals surface area contributed by atoms with Crippen LogP contribution in [0.3, 0.4) is 0 Å². The zero-order valence-electron chi connectivity index (χ0n) is 24.5. The Morgan fingerprint density at radius 1 is 1.07 bits per heavy atom. The van der Waals surface area contributed by atoms with Crippen LogP contribution in [0.1, 0.15) is 84.6 Å². The molecule has 1 aromatic heterocycles. The second-order valence-corrected chi connectivity index (χ2v) is 12.3. The smallest absolute Gasteiger partial charge is 0.325 e. The highest BCUT2D eigenvalue weighted by Crippen LogP contribution is 2.30. The van der Waals surface area contributed by atoms with Crippen molar-refractivity contribution in [1.29, 1.82) is 0 Å². The lowest BCUT2D eigenvalue weighted by Gasteiger charge is -2.35. The molecule has 0 saturated carbocycles. The fraction of sp³-hybridized carbons (Fsp3) is 0.581. The molecule has 4 atom stereocenters. The third-order valence-corrected chi connectivity index (χ3v) is 8.32. The van der Waals surface area contributed by atoms with Gasteiger partial charge in [-0.2, -0.15) is 0 Å². The van der Waals surface area contributed by atoms with Crippen molar-refractivity contribution in [2.75, 3.05) is 6.54 Å². The second-order valence-electron chi connectivity index (χ2n) is 12.3. The van der Waals surface area contributed by atoms with Crippen LogP contribution in [0.15, 0.2) is 30.5 Å². The Morgan fingerprint density at radius 2 is 1.82 bits per heavy atom. The molecule has 5 bridgehead atoms. The van der Waals surface area contributed by atoms with Crippen molar-refractivity contribution in [1.82, 2.24) is 20.7 Å². The summed E-state index contributed by atoms with van der Waals surface area (Å²) in [6.07, 6.45) is 3.78. The molecule has 1 aromatic carbocycles. The average molecular weight is 551 g/mol. The molecule has 0 unspecified atom stereocenters. The Balaban J connectivity index is 1.66. The van der Waals surface area contributed by atoms with Crippen molar-refractivity contribution < 1.29 is 23.9 Å². The molecule has 2 N–H and O–H groups in total. The zero-order chi connectivity index (χ0) is 29.2. The second kappa shape index (κ2) is 12.0. The molecule has 2 aliphatic rings. The first-order valence-electron chi connectivity index (χ1n) is 14.4. The Hall–Kier alpha value is -3.33. The largest absolute Gasteiger partial charge is 0.455 e. The number of hydrogen-bond donors (Lipinski definition) is 2. The molecule has 9 nitrogen and oxygen atoms in total. The van der Waals surface area contributed by atoms with E-state index in [9.17, 15) is 19.2 Å². The number of ketones is 1. The van der Waals surface area contributed by atoms with Crippen LogP contribution in [0, 0.1) is 17.3 Å². The first-order valence-corrected chi connectivity index (χ1v) is 14.4. The maximum absolute atomic E-state index is 13.5. The van der Waals surface area contributed by atoms with E-state index in [1.54, 1.807) is 20.0 Å². The molecule has 1 saturated heterocycles. The normalized spacial score (nSPS) is 27.0. The molecule has 2 aliphatic heterocycles. The quantitative estimate of drug-likeness (QED) is 0.515. The van der Waals surface area contributed by atoms with Gasteiger partial charge in [-0.25, -0.2) is 5.43 Å². The molecule has 216 valence electrons. The van der Waals surface area contributed by atoms with Gasteiger partial charge in [0.2, 0.25) is 5.91 Å². The van der Waals surface area contributed by atoms with Gasteiger partial charge in [-0.3, -0.25) is 29.2 Å². The lowest BCUT2D eigenvalue weighted by molar-refractivity contribution is -0.157. The van der Waals surface area contributed by atoms with Crippen molar-refractivity contribution in [3.63, 3.8) is 0 Å². The number of hydrazine groups is 1. The van der Waals surface area contributed by atoms with Gasteiger partial charge in [-0.05, 0) is 62.5 Å². The van der Waals surface area contributed by atoms with E-state index >= 15 is 0 Å². The number of aryl methyl sites for hydroxylation is 1. The van der Waals surface area contributed by atoms with Crippen LogP contribution in [0.5, 0.6) is 0 Å². The van der Waals surface area contributed by atoms with Crippen LogP contribution >= 0.6 is 0 Å². The molecule has 0 spiro atoms. The Bertz CT molecular complexity index is 1290. The van der Waals surface area contributed by atoms with E-state index in [2.05, 4.69) is 21.8 Å². The van der Waals surface area contributed by atoms with E-state index in [1.165, 1.54) is 5.01 Å². The zero-order valence-corrected chi connectivity index (χ0v) is 24.5. The van der Waals surface area contributed by atoms with Crippen molar-refractivity contribution >= 4 is 34.3 Å². The fourth-order valence-corrected chi connectivity index (χ4v) is 5.34. The number of esters is 1. The van der Waals surface area contributed by atoms with Crippen molar-refractivity contribution in [3.8, 4) is 0 Å². The molecule has 2 amide bonds. The summed E-state index contributed by atoms with van der Waals surface area (Å²) < 4.78 is 5.77. The van der Waals surface area contributed by atoms with E-state index in [-0.39, 0.29) is 29.9 Å². The van der Waals surface area contributed by atoms with Gasteiger partial charge < -0.3 is 10.1 Å². The number of cyclic esters (lactones) is 1. The average Bonchev–Trinajstić information content (AvgIpc) is 2.92. The maximum atomic E-state index is 13.5. The molecule has 1 fully saturated rings. The summed E-state index contributed by atoms with van der Waals surface area (Å²) >= 11 is 0. The molecule has 0 radical (unpaired) electrons. The number of pyridine rings is 1.